The minimum Gasteiger partial charge on any atom is -0.423 e. The van der Waals surface area contributed by atoms with Crippen molar-refractivity contribution < 1.29 is 22.8 Å². The Morgan fingerprint density at radius 3 is 2.74 bits per heavy atom. The average Bonchev–Trinajstić information content (AvgIpc) is 3.37. The molecule has 160 valence electrons. The maximum absolute atomic E-state index is 14.5. The number of nitrogens with zero attached hydrogens (tertiary/aromatic N) is 5. The highest BCUT2D eigenvalue weighted by molar-refractivity contribution is 5.95. The second kappa shape index (κ2) is 8.07. The van der Waals surface area contributed by atoms with Crippen molar-refractivity contribution in [2.75, 3.05) is 12.4 Å². The molecule has 0 aliphatic rings. The number of nitrogens with one attached hydrogen (secondary N) is 2. The Balaban J connectivity index is 1.85. The van der Waals surface area contributed by atoms with E-state index in [-0.39, 0.29) is 17.4 Å². The number of hydrogen-bond acceptors (Lipinski definition) is 8. The molecule has 0 spiro atoms. The molecule has 0 aliphatic heterocycles. The fraction of sp³-hybridized carbons (Fsp3) is 0.211. The lowest BCUT2D eigenvalue weighted by Gasteiger charge is -2.13. The molecule has 0 aliphatic carbocycles. The third kappa shape index (κ3) is 3.68. The molecule has 0 unspecified atom stereocenters. The van der Waals surface area contributed by atoms with E-state index >= 15 is 0 Å². The molecular formula is C19H17F2N7O3. The van der Waals surface area contributed by atoms with Gasteiger partial charge in [0.15, 0.2) is 5.82 Å². The molecule has 4 aromatic rings. The van der Waals surface area contributed by atoms with Gasteiger partial charge >= 0.3 is 0 Å². The fourth-order valence-corrected chi connectivity index (χ4v) is 3.27. The first kappa shape index (κ1) is 20.3. The number of halogens is 2. The van der Waals surface area contributed by atoms with Crippen LogP contribution in [0, 0.1) is 11.6 Å². The third-order valence-corrected chi connectivity index (χ3v) is 4.53. The van der Waals surface area contributed by atoms with Gasteiger partial charge in [-0.25, -0.2) is 23.8 Å². The number of aromatic nitrogens is 5. The molecule has 2 N–H and O–H groups in total. The number of benzene rings is 1. The maximum atomic E-state index is 14.5. The number of hydrogen-bond donors (Lipinski definition) is 2. The van der Waals surface area contributed by atoms with E-state index in [1.165, 1.54) is 19.8 Å². The van der Waals surface area contributed by atoms with E-state index in [2.05, 4.69) is 30.4 Å². The van der Waals surface area contributed by atoms with Gasteiger partial charge in [0.1, 0.15) is 23.5 Å². The summed E-state index contributed by atoms with van der Waals surface area (Å²) in [6.45, 7) is 3.91. The number of amides is 1. The number of carbonyl (C=O) groups is 1. The van der Waals surface area contributed by atoms with E-state index in [1.54, 1.807) is 10.7 Å². The predicted molar refractivity (Wildman–Crippen MR) is 104 cm³/mol. The van der Waals surface area contributed by atoms with Gasteiger partial charge in [0.25, 0.3) is 5.91 Å². The standard InChI is InChI=1S/C19H17F2N7O3/c1-9(2)15-11(19-26-23-8-31-19)6-28-16(15)17(22-7-24-28)25-14-4-10(18(29)27-30-3)12(20)5-13(14)21/h4-9H,1-3H3,(H,27,29)(H,22,24,25). The topological polar surface area (TPSA) is 119 Å². The molecule has 1 aromatic carbocycles. The Bertz CT molecular complexity index is 1260. The van der Waals surface area contributed by atoms with Crippen molar-refractivity contribution in [2.45, 2.75) is 19.8 Å². The van der Waals surface area contributed by atoms with Gasteiger partial charge in [-0.3, -0.25) is 9.63 Å². The predicted octanol–water partition coefficient (Wildman–Crippen LogP) is 3.22. The first-order valence-electron chi connectivity index (χ1n) is 9.12. The van der Waals surface area contributed by atoms with Crippen molar-refractivity contribution >= 4 is 22.9 Å². The molecular weight excluding hydrogens is 412 g/mol. The molecule has 1 amide bonds. The lowest BCUT2D eigenvalue weighted by molar-refractivity contribution is 0.0533. The van der Waals surface area contributed by atoms with Crippen LogP contribution < -0.4 is 10.8 Å². The van der Waals surface area contributed by atoms with E-state index < -0.39 is 23.1 Å². The van der Waals surface area contributed by atoms with Crippen LogP contribution in [0.25, 0.3) is 17.0 Å². The Labute approximate surface area is 174 Å². The van der Waals surface area contributed by atoms with E-state index in [0.717, 1.165) is 11.6 Å². The molecule has 3 heterocycles. The maximum Gasteiger partial charge on any atom is 0.277 e. The second-order valence-corrected chi connectivity index (χ2v) is 6.83. The zero-order valence-electron chi connectivity index (χ0n) is 16.7. The molecule has 0 atom stereocenters. The molecule has 0 fully saturated rings. The summed E-state index contributed by atoms with van der Waals surface area (Å²) in [4.78, 5) is 20.7. The lowest BCUT2D eigenvalue weighted by Crippen LogP contribution is -2.23. The van der Waals surface area contributed by atoms with E-state index in [0.29, 0.717) is 23.0 Å². The fourth-order valence-electron chi connectivity index (χ4n) is 3.27. The van der Waals surface area contributed by atoms with Gasteiger partial charge in [-0.2, -0.15) is 5.10 Å². The number of rotatable bonds is 6. The Morgan fingerprint density at radius 2 is 2.06 bits per heavy atom. The SMILES string of the molecule is CONC(=O)c1cc(Nc2ncnn3cc(-c4nnco4)c(C(C)C)c23)c(F)cc1F. The minimum absolute atomic E-state index is 0.0143. The smallest absolute Gasteiger partial charge is 0.277 e. The number of fused-ring (bicyclic) bond motifs is 1. The summed E-state index contributed by atoms with van der Waals surface area (Å²) < 4.78 is 35.5. The van der Waals surface area contributed by atoms with Gasteiger partial charge in [-0.1, -0.05) is 13.8 Å². The quantitative estimate of drug-likeness (QED) is 0.449. The van der Waals surface area contributed by atoms with Crippen molar-refractivity contribution in [3.8, 4) is 11.5 Å². The van der Waals surface area contributed by atoms with Crippen LogP contribution in [-0.4, -0.2) is 37.8 Å². The first-order valence-corrected chi connectivity index (χ1v) is 9.12. The van der Waals surface area contributed by atoms with Crippen LogP contribution >= 0.6 is 0 Å². The third-order valence-electron chi connectivity index (χ3n) is 4.53. The molecule has 0 saturated heterocycles. The van der Waals surface area contributed by atoms with Gasteiger partial charge in [0, 0.05) is 12.3 Å². The summed E-state index contributed by atoms with van der Waals surface area (Å²) in [6.07, 6.45) is 4.19. The summed E-state index contributed by atoms with van der Waals surface area (Å²) in [5, 5.41) is 14.7. The van der Waals surface area contributed by atoms with Gasteiger partial charge in [-0.05, 0) is 17.5 Å². The second-order valence-electron chi connectivity index (χ2n) is 6.83. The van der Waals surface area contributed by atoms with E-state index in [9.17, 15) is 13.6 Å². The van der Waals surface area contributed by atoms with E-state index in [1.807, 2.05) is 19.3 Å². The number of anilines is 2. The molecule has 4 rings (SSSR count). The Kier molecular flexibility index (Phi) is 5.29. The zero-order valence-corrected chi connectivity index (χ0v) is 16.7. The largest absolute Gasteiger partial charge is 0.423 e. The van der Waals surface area contributed by atoms with Crippen LogP contribution in [0.15, 0.2) is 35.5 Å². The summed E-state index contributed by atoms with van der Waals surface area (Å²) >= 11 is 0. The monoisotopic (exact) mass is 429 g/mol. The van der Waals surface area contributed by atoms with Crippen LogP contribution in [0.1, 0.15) is 35.7 Å². The Morgan fingerprint density at radius 1 is 1.26 bits per heavy atom. The van der Waals surface area contributed by atoms with Crippen molar-refractivity contribution in [1.29, 1.82) is 0 Å². The highest BCUT2D eigenvalue weighted by atomic mass is 19.1. The van der Waals surface area contributed by atoms with Gasteiger partial charge < -0.3 is 9.73 Å². The molecule has 0 radical (unpaired) electrons. The molecule has 10 nitrogen and oxygen atoms in total. The average molecular weight is 429 g/mol. The first-order chi connectivity index (χ1) is 14.9. The minimum atomic E-state index is -1.03. The molecule has 0 bridgehead atoms. The zero-order chi connectivity index (χ0) is 22.1. The van der Waals surface area contributed by atoms with Gasteiger partial charge in [-0.15, -0.1) is 10.2 Å². The van der Waals surface area contributed by atoms with Gasteiger partial charge in [0.2, 0.25) is 12.3 Å². The van der Waals surface area contributed by atoms with Crippen LogP contribution in [0.2, 0.25) is 0 Å². The number of hydroxylamine groups is 1. The lowest BCUT2D eigenvalue weighted by atomic mass is 10.00. The summed E-state index contributed by atoms with van der Waals surface area (Å²) in [5.41, 5.74) is 3.42. The van der Waals surface area contributed by atoms with Crippen molar-refractivity contribution in [1.82, 2.24) is 30.3 Å². The molecule has 3 aromatic heterocycles. The van der Waals surface area contributed by atoms with Crippen LogP contribution in [-0.2, 0) is 4.84 Å². The van der Waals surface area contributed by atoms with Crippen molar-refractivity contribution in [2.24, 2.45) is 0 Å². The van der Waals surface area contributed by atoms with Crippen molar-refractivity contribution in [3.05, 3.63) is 53.8 Å². The Hall–Kier alpha value is -3.93. The van der Waals surface area contributed by atoms with Gasteiger partial charge in [0.05, 0.1) is 23.9 Å². The normalized spacial score (nSPS) is 11.3. The highest BCUT2D eigenvalue weighted by Gasteiger charge is 2.23. The number of carbonyl (C=O) groups excluding carboxylic acids is 1. The summed E-state index contributed by atoms with van der Waals surface area (Å²) in [6, 6.07) is 1.64. The van der Waals surface area contributed by atoms with Crippen LogP contribution in [0.3, 0.4) is 0 Å². The van der Waals surface area contributed by atoms with E-state index in [4.69, 9.17) is 4.42 Å². The molecule has 31 heavy (non-hydrogen) atoms. The van der Waals surface area contributed by atoms with Crippen LogP contribution in [0.4, 0.5) is 20.3 Å². The highest BCUT2D eigenvalue weighted by Crippen LogP contribution is 2.36. The molecule has 12 heteroatoms. The summed E-state index contributed by atoms with van der Waals surface area (Å²) in [5.74, 6) is -2.27. The van der Waals surface area contributed by atoms with Crippen LogP contribution in [0.5, 0.6) is 0 Å². The van der Waals surface area contributed by atoms with Crippen molar-refractivity contribution in [3.63, 3.8) is 0 Å². The molecule has 0 saturated carbocycles. The summed E-state index contributed by atoms with van der Waals surface area (Å²) in [7, 11) is 1.21.